The molecule has 5 rings (SSSR count). The second-order valence-electron chi connectivity index (χ2n) is 10.5. The first-order valence-corrected chi connectivity index (χ1v) is 13.2. The Bertz CT molecular complexity index is 1320. The van der Waals surface area contributed by atoms with Crippen molar-refractivity contribution in [2.24, 2.45) is 11.8 Å². The number of fused-ring (bicyclic) bond motifs is 1. The quantitative estimate of drug-likeness (QED) is 0.410. The average molecular weight is 508 g/mol. The van der Waals surface area contributed by atoms with E-state index in [2.05, 4.69) is 32.5 Å². The predicted molar refractivity (Wildman–Crippen MR) is 139 cm³/mol. The molecule has 3 atom stereocenters. The highest BCUT2D eigenvalue weighted by Crippen LogP contribution is 2.37. The zero-order valence-corrected chi connectivity index (χ0v) is 21.6. The van der Waals surface area contributed by atoms with E-state index in [0.717, 1.165) is 32.1 Å². The first-order chi connectivity index (χ1) is 17.8. The largest absolute Gasteiger partial charge is 0.493 e. The molecule has 2 aromatic heterocycles. The van der Waals surface area contributed by atoms with Crippen molar-refractivity contribution in [3.8, 4) is 17.0 Å². The number of hydrogen-bond acceptors (Lipinski definition) is 5. The standard InChI is InChI=1S/C28H34FN5O3/c1-4-23(35)34-21-9-8-19(11-15(21)2)33-28(36)24-16(3)32-27-25(30-14-31-26(24)27)20-12-18(29)7-10-22(20)37-13-17-5-6-17/h7,10,12,14-15,17,19,21,32H,4-6,8-9,11,13H2,1-3H3,(H,33,36)(H,34,35)/t15-,19+,21+/m1/s1. The lowest BCUT2D eigenvalue weighted by molar-refractivity contribution is -0.122. The van der Waals surface area contributed by atoms with E-state index >= 15 is 0 Å². The predicted octanol–water partition coefficient (Wildman–Crippen LogP) is 4.67. The van der Waals surface area contributed by atoms with Crippen LogP contribution in [0.2, 0.25) is 0 Å². The molecule has 2 heterocycles. The van der Waals surface area contributed by atoms with Gasteiger partial charge >= 0.3 is 0 Å². The molecule has 2 fully saturated rings. The van der Waals surface area contributed by atoms with E-state index < -0.39 is 0 Å². The fourth-order valence-corrected chi connectivity index (χ4v) is 5.22. The fourth-order valence-electron chi connectivity index (χ4n) is 5.22. The van der Waals surface area contributed by atoms with Crippen LogP contribution in [0.4, 0.5) is 4.39 Å². The van der Waals surface area contributed by atoms with Crippen LogP contribution in [0, 0.1) is 24.6 Å². The number of aromatic amines is 1. The van der Waals surface area contributed by atoms with E-state index in [1.807, 2.05) is 13.8 Å². The Morgan fingerprint density at radius 2 is 1.97 bits per heavy atom. The van der Waals surface area contributed by atoms with Crippen LogP contribution in [0.3, 0.4) is 0 Å². The smallest absolute Gasteiger partial charge is 0.255 e. The number of benzene rings is 1. The summed E-state index contributed by atoms with van der Waals surface area (Å²) >= 11 is 0. The molecule has 0 unspecified atom stereocenters. The second kappa shape index (κ2) is 10.5. The summed E-state index contributed by atoms with van der Waals surface area (Å²) in [7, 11) is 0. The zero-order valence-electron chi connectivity index (χ0n) is 21.6. The summed E-state index contributed by atoms with van der Waals surface area (Å²) in [5.41, 5.74) is 3.23. The van der Waals surface area contributed by atoms with E-state index in [4.69, 9.17) is 4.74 Å². The molecule has 2 aliphatic rings. The lowest BCUT2D eigenvalue weighted by Gasteiger charge is -2.35. The maximum absolute atomic E-state index is 14.3. The number of aryl methyl sites for hydroxylation is 1. The number of hydrogen-bond donors (Lipinski definition) is 3. The average Bonchev–Trinajstić information content (AvgIpc) is 3.64. The van der Waals surface area contributed by atoms with Crippen molar-refractivity contribution in [2.75, 3.05) is 6.61 Å². The van der Waals surface area contributed by atoms with Crippen molar-refractivity contribution in [1.82, 2.24) is 25.6 Å². The Balaban J connectivity index is 1.38. The Morgan fingerprint density at radius 3 is 2.70 bits per heavy atom. The van der Waals surface area contributed by atoms with Crippen LogP contribution in [0.1, 0.15) is 68.4 Å². The van der Waals surface area contributed by atoms with Gasteiger partial charge in [0.05, 0.1) is 17.7 Å². The van der Waals surface area contributed by atoms with Crippen LogP contribution in [0.5, 0.6) is 5.75 Å². The number of nitrogens with one attached hydrogen (secondary N) is 3. The Morgan fingerprint density at radius 1 is 1.16 bits per heavy atom. The zero-order chi connectivity index (χ0) is 26.1. The molecule has 0 radical (unpaired) electrons. The number of rotatable bonds is 8. The minimum absolute atomic E-state index is 0.00795. The summed E-state index contributed by atoms with van der Waals surface area (Å²) in [5.74, 6) is 0.838. The molecular weight excluding hydrogens is 473 g/mol. The molecule has 9 heteroatoms. The highest BCUT2D eigenvalue weighted by atomic mass is 19.1. The van der Waals surface area contributed by atoms with Gasteiger partial charge in [-0.2, -0.15) is 0 Å². The molecule has 3 aromatic rings. The lowest BCUT2D eigenvalue weighted by atomic mass is 9.82. The topological polar surface area (TPSA) is 109 Å². The first-order valence-electron chi connectivity index (χ1n) is 13.2. The number of halogens is 1. The van der Waals surface area contributed by atoms with Gasteiger partial charge in [0.1, 0.15) is 29.1 Å². The minimum atomic E-state index is -0.387. The number of carbonyl (C=O) groups is 2. The van der Waals surface area contributed by atoms with E-state index in [0.29, 0.717) is 58.2 Å². The first kappa shape index (κ1) is 25.2. The van der Waals surface area contributed by atoms with Crippen molar-refractivity contribution in [3.05, 3.63) is 41.6 Å². The molecule has 196 valence electrons. The molecule has 8 nitrogen and oxygen atoms in total. The lowest BCUT2D eigenvalue weighted by Crippen LogP contribution is -2.48. The highest BCUT2D eigenvalue weighted by molar-refractivity contribution is 6.09. The van der Waals surface area contributed by atoms with Crippen molar-refractivity contribution >= 4 is 22.8 Å². The molecule has 0 spiro atoms. The number of H-pyrrole nitrogens is 1. The molecule has 0 aliphatic heterocycles. The molecule has 3 N–H and O–H groups in total. The van der Waals surface area contributed by atoms with Gasteiger partial charge in [-0.15, -0.1) is 0 Å². The Labute approximate surface area is 215 Å². The minimum Gasteiger partial charge on any atom is -0.493 e. The van der Waals surface area contributed by atoms with Crippen molar-refractivity contribution in [1.29, 1.82) is 0 Å². The molecule has 0 bridgehead atoms. The normalized spacial score (nSPS) is 21.6. The van der Waals surface area contributed by atoms with Crippen LogP contribution < -0.4 is 15.4 Å². The summed E-state index contributed by atoms with van der Waals surface area (Å²) < 4.78 is 20.3. The van der Waals surface area contributed by atoms with Gasteiger partial charge in [0.25, 0.3) is 5.91 Å². The Kier molecular flexibility index (Phi) is 7.13. The number of aromatic nitrogens is 3. The van der Waals surface area contributed by atoms with Crippen molar-refractivity contribution in [2.45, 2.75) is 71.4 Å². The molecule has 2 saturated carbocycles. The fraction of sp³-hybridized carbons (Fsp3) is 0.500. The molecule has 0 saturated heterocycles. The van der Waals surface area contributed by atoms with Gasteiger partial charge in [-0.3, -0.25) is 9.59 Å². The third-order valence-corrected chi connectivity index (χ3v) is 7.54. The molecule has 37 heavy (non-hydrogen) atoms. The van der Waals surface area contributed by atoms with Gasteiger partial charge in [-0.1, -0.05) is 13.8 Å². The Hall–Kier alpha value is -3.49. The van der Waals surface area contributed by atoms with Gasteiger partial charge in [-0.05, 0) is 69.1 Å². The third kappa shape index (κ3) is 5.45. The monoisotopic (exact) mass is 507 g/mol. The van der Waals surface area contributed by atoms with Gasteiger partial charge in [0, 0.05) is 29.8 Å². The van der Waals surface area contributed by atoms with Gasteiger partial charge in [0.2, 0.25) is 5.91 Å². The number of nitrogens with zero attached hydrogens (tertiary/aromatic N) is 2. The summed E-state index contributed by atoms with van der Waals surface area (Å²) in [5, 5.41) is 6.27. The van der Waals surface area contributed by atoms with Crippen molar-refractivity contribution in [3.63, 3.8) is 0 Å². The van der Waals surface area contributed by atoms with Crippen LogP contribution in [0.25, 0.3) is 22.3 Å². The summed E-state index contributed by atoms with van der Waals surface area (Å²) in [6.45, 7) is 6.38. The van der Waals surface area contributed by atoms with Gasteiger partial charge in [0.15, 0.2) is 0 Å². The molecular formula is C28H34FN5O3. The van der Waals surface area contributed by atoms with E-state index in [1.54, 1.807) is 6.07 Å². The highest BCUT2D eigenvalue weighted by Gasteiger charge is 2.31. The molecule has 2 aliphatic carbocycles. The van der Waals surface area contributed by atoms with E-state index in [1.165, 1.54) is 18.5 Å². The maximum atomic E-state index is 14.3. The maximum Gasteiger partial charge on any atom is 0.255 e. The van der Waals surface area contributed by atoms with Crippen molar-refractivity contribution < 1.29 is 18.7 Å². The second-order valence-corrected chi connectivity index (χ2v) is 10.5. The van der Waals surface area contributed by atoms with Crippen LogP contribution >= 0.6 is 0 Å². The van der Waals surface area contributed by atoms with Crippen LogP contribution in [0.15, 0.2) is 24.5 Å². The number of carbonyl (C=O) groups excluding carboxylic acids is 2. The SMILES string of the molecule is CCC(=O)N[C@H]1CC[C@H](NC(=O)c2c(C)[nH]c3c(-c4cc(F)ccc4OCC4CC4)ncnc23)C[C@H]1C. The molecule has 1 aromatic carbocycles. The summed E-state index contributed by atoms with van der Waals surface area (Å²) in [4.78, 5) is 37.4. The summed E-state index contributed by atoms with van der Waals surface area (Å²) in [6, 6.07) is 4.57. The van der Waals surface area contributed by atoms with Crippen LogP contribution in [-0.4, -0.2) is 45.5 Å². The molecule has 2 amide bonds. The summed E-state index contributed by atoms with van der Waals surface area (Å²) in [6.07, 6.45) is 6.56. The number of amides is 2. The van der Waals surface area contributed by atoms with Gasteiger partial charge < -0.3 is 20.4 Å². The van der Waals surface area contributed by atoms with E-state index in [-0.39, 0.29) is 35.6 Å². The van der Waals surface area contributed by atoms with Gasteiger partial charge in [-0.25, -0.2) is 14.4 Å². The van der Waals surface area contributed by atoms with E-state index in [9.17, 15) is 14.0 Å². The number of ether oxygens (including phenoxy) is 1. The third-order valence-electron chi connectivity index (χ3n) is 7.54. The van der Waals surface area contributed by atoms with Crippen LogP contribution in [-0.2, 0) is 4.79 Å².